The number of fused-ring (bicyclic) bond motifs is 1. The summed E-state index contributed by atoms with van der Waals surface area (Å²) < 4.78 is 11.1. The predicted molar refractivity (Wildman–Crippen MR) is 45.9 cm³/mol. The second-order valence-electron chi connectivity index (χ2n) is 3.84. The summed E-state index contributed by atoms with van der Waals surface area (Å²) in [6.45, 7) is 1.56. The van der Waals surface area contributed by atoms with Crippen LogP contribution in [0, 0.1) is 5.92 Å². The van der Waals surface area contributed by atoms with Gasteiger partial charge in [-0.3, -0.25) is 0 Å². The molecular formula is C9H17NO2. The van der Waals surface area contributed by atoms with Crippen LogP contribution in [0.1, 0.15) is 19.3 Å². The Labute approximate surface area is 73.2 Å². The summed E-state index contributed by atoms with van der Waals surface area (Å²) in [5, 5.41) is 0. The Hall–Kier alpha value is -0.120. The molecule has 2 fully saturated rings. The van der Waals surface area contributed by atoms with E-state index in [1.807, 2.05) is 0 Å². The molecule has 1 heterocycles. The van der Waals surface area contributed by atoms with Gasteiger partial charge in [0.05, 0.1) is 11.7 Å². The summed E-state index contributed by atoms with van der Waals surface area (Å²) in [4.78, 5) is 0. The Bertz CT molecular complexity index is 168. The second-order valence-corrected chi connectivity index (χ2v) is 3.84. The Morgan fingerprint density at radius 2 is 2.50 bits per heavy atom. The molecule has 1 saturated heterocycles. The van der Waals surface area contributed by atoms with Gasteiger partial charge >= 0.3 is 0 Å². The van der Waals surface area contributed by atoms with Gasteiger partial charge in [-0.1, -0.05) is 0 Å². The lowest BCUT2D eigenvalue weighted by atomic mass is 9.64. The summed E-state index contributed by atoms with van der Waals surface area (Å²) in [7, 11) is 1.76. The van der Waals surface area contributed by atoms with E-state index >= 15 is 0 Å². The van der Waals surface area contributed by atoms with Crippen molar-refractivity contribution in [3.05, 3.63) is 0 Å². The van der Waals surface area contributed by atoms with Gasteiger partial charge in [0.25, 0.3) is 0 Å². The fourth-order valence-corrected chi connectivity index (χ4v) is 2.53. The average Bonchev–Trinajstić information content (AvgIpc) is 2.09. The second kappa shape index (κ2) is 2.98. The molecule has 1 aliphatic heterocycles. The lowest BCUT2D eigenvalue weighted by molar-refractivity contribution is -0.224. The van der Waals surface area contributed by atoms with Gasteiger partial charge in [-0.05, 0) is 12.8 Å². The van der Waals surface area contributed by atoms with E-state index in [9.17, 15) is 0 Å². The van der Waals surface area contributed by atoms with Gasteiger partial charge in [0.1, 0.15) is 0 Å². The molecule has 70 valence electrons. The van der Waals surface area contributed by atoms with Crippen LogP contribution in [0.3, 0.4) is 0 Å². The number of methoxy groups -OCH3 is 1. The van der Waals surface area contributed by atoms with Crippen molar-refractivity contribution in [2.24, 2.45) is 11.7 Å². The molecule has 1 saturated carbocycles. The Balaban J connectivity index is 2.02. The van der Waals surface area contributed by atoms with Crippen LogP contribution in [-0.2, 0) is 9.47 Å². The van der Waals surface area contributed by atoms with Crippen molar-refractivity contribution >= 4 is 0 Å². The molecule has 0 radical (unpaired) electrons. The summed E-state index contributed by atoms with van der Waals surface area (Å²) >= 11 is 0. The first-order chi connectivity index (χ1) is 5.82. The van der Waals surface area contributed by atoms with E-state index in [-0.39, 0.29) is 5.60 Å². The number of hydrogen-bond acceptors (Lipinski definition) is 3. The molecule has 2 N–H and O–H groups in total. The SMILES string of the molecule is COC1(CN)C[C@H]2OCCC[C@H]21. The molecule has 0 bridgehead atoms. The topological polar surface area (TPSA) is 44.5 Å². The van der Waals surface area contributed by atoms with Crippen LogP contribution in [0.15, 0.2) is 0 Å². The van der Waals surface area contributed by atoms with Crippen LogP contribution in [0.2, 0.25) is 0 Å². The molecule has 0 amide bonds. The van der Waals surface area contributed by atoms with Crippen LogP contribution < -0.4 is 5.73 Å². The van der Waals surface area contributed by atoms with Crippen LogP contribution >= 0.6 is 0 Å². The fraction of sp³-hybridized carbons (Fsp3) is 1.00. The van der Waals surface area contributed by atoms with Crippen molar-refractivity contribution < 1.29 is 9.47 Å². The summed E-state index contributed by atoms with van der Waals surface area (Å²) in [6, 6.07) is 0. The third kappa shape index (κ3) is 1.00. The Morgan fingerprint density at radius 1 is 1.67 bits per heavy atom. The standard InChI is InChI=1S/C9H17NO2/c1-11-9(6-10)5-8-7(9)3-2-4-12-8/h7-8H,2-6,10H2,1H3/t7-,8-,9?/m1/s1. The highest BCUT2D eigenvalue weighted by molar-refractivity contribution is 5.06. The van der Waals surface area contributed by atoms with E-state index in [0.717, 1.165) is 19.4 Å². The van der Waals surface area contributed by atoms with E-state index in [1.54, 1.807) is 7.11 Å². The van der Waals surface area contributed by atoms with Gasteiger partial charge in [0, 0.05) is 32.6 Å². The van der Waals surface area contributed by atoms with Crippen LogP contribution in [0.25, 0.3) is 0 Å². The fourth-order valence-electron chi connectivity index (χ4n) is 2.53. The van der Waals surface area contributed by atoms with Gasteiger partial charge in [-0.25, -0.2) is 0 Å². The third-order valence-corrected chi connectivity index (χ3v) is 3.41. The van der Waals surface area contributed by atoms with Crippen molar-refractivity contribution in [3.8, 4) is 0 Å². The van der Waals surface area contributed by atoms with E-state index in [4.69, 9.17) is 15.2 Å². The largest absolute Gasteiger partial charge is 0.378 e. The molecule has 3 heteroatoms. The van der Waals surface area contributed by atoms with Gasteiger partial charge in [-0.2, -0.15) is 0 Å². The molecule has 3 nitrogen and oxygen atoms in total. The minimum Gasteiger partial charge on any atom is -0.378 e. The highest BCUT2D eigenvalue weighted by atomic mass is 16.5. The first-order valence-corrected chi connectivity index (χ1v) is 4.69. The molecule has 0 aromatic heterocycles. The minimum atomic E-state index is -0.0505. The predicted octanol–water partition coefficient (Wildman–Crippen LogP) is 0.529. The van der Waals surface area contributed by atoms with Crippen molar-refractivity contribution in [3.63, 3.8) is 0 Å². The normalized spacial score (nSPS) is 46.5. The number of nitrogens with two attached hydrogens (primary N) is 1. The molecule has 2 aliphatic rings. The third-order valence-electron chi connectivity index (χ3n) is 3.41. The molecule has 1 unspecified atom stereocenters. The quantitative estimate of drug-likeness (QED) is 0.659. The van der Waals surface area contributed by atoms with Gasteiger partial charge in [-0.15, -0.1) is 0 Å². The van der Waals surface area contributed by atoms with Crippen molar-refractivity contribution in [2.75, 3.05) is 20.3 Å². The highest BCUT2D eigenvalue weighted by Gasteiger charge is 2.54. The number of hydrogen-bond donors (Lipinski definition) is 1. The molecule has 2 rings (SSSR count). The maximum Gasteiger partial charge on any atom is 0.0877 e. The summed E-state index contributed by atoms with van der Waals surface area (Å²) in [5.41, 5.74) is 5.66. The zero-order chi connectivity index (χ0) is 8.60. The molecule has 0 aromatic carbocycles. The van der Waals surface area contributed by atoms with E-state index in [2.05, 4.69) is 0 Å². The van der Waals surface area contributed by atoms with Crippen molar-refractivity contribution in [1.29, 1.82) is 0 Å². The lowest BCUT2D eigenvalue weighted by Gasteiger charge is -2.55. The molecule has 0 spiro atoms. The first kappa shape index (κ1) is 8.48. The van der Waals surface area contributed by atoms with Crippen LogP contribution in [0.5, 0.6) is 0 Å². The van der Waals surface area contributed by atoms with Crippen molar-refractivity contribution in [2.45, 2.75) is 31.0 Å². The van der Waals surface area contributed by atoms with E-state index < -0.39 is 0 Å². The number of rotatable bonds is 2. The zero-order valence-corrected chi connectivity index (χ0v) is 7.58. The summed E-state index contributed by atoms with van der Waals surface area (Å²) in [6.07, 6.45) is 3.80. The molecule has 3 atom stereocenters. The van der Waals surface area contributed by atoms with E-state index in [1.165, 1.54) is 6.42 Å². The average molecular weight is 171 g/mol. The van der Waals surface area contributed by atoms with Gasteiger partial charge in [0.15, 0.2) is 0 Å². The Kier molecular flexibility index (Phi) is 2.10. The first-order valence-electron chi connectivity index (χ1n) is 4.69. The maximum atomic E-state index is 5.71. The van der Waals surface area contributed by atoms with Crippen molar-refractivity contribution in [1.82, 2.24) is 0 Å². The highest BCUT2D eigenvalue weighted by Crippen LogP contribution is 2.47. The smallest absolute Gasteiger partial charge is 0.0877 e. The number of ether oxygens (including phenoxy) is 2. The molecule has 1 aliphatic carbocycles. The Morgan fingerprint density at radius 3 is 3.08 bits per heavy atom. The lowest BCUT2D eigenvalue weighted by Crippen LogP contribution is -2.64. The summed E-state index contributed by atoms with van der Waals surface area (Å²) in [5.74, 6) is 0.557. The van der Waals surface area contributed by atoms with Crippen LogP contribution in [-0.4, -0.2) is 32.0 Å². The molecule has 0 aromatic rings. The molecule has 12 heavy (non-hydrogen) atoms. The van der Waals surface area contributed by atoms with Gasteiger partial charge < -0.3 is 15.2 Å². The van der Waals surface area contributed by atoms with E-state index in [0.29, 0.717) is 18.6 Å². The maximum absolute atomic E-state index is 5.71. The molecular weight excluding hydrogens is 154 g/mol. The monoisotopic (exact) mass is 171 g/mol. The zero-order valence-electron chi connectivity index (χ0n) is 7.58. The van der Waals surface area contributed by atoms with Gasteiger partial charge in [0.2, 0.25) is 0 Å². The van der Waals surface area contributed by atoms with Crippen LogP contribution in [0.4, 0.5) is 0 Å². The minimum absolute atomic E-state index is 0.0505.